The number of nitrogens with one attached hydrogen (secondary N) is 2. The number of esters is 2. The fraction of sp³-hybridized carbons (Fsp3) is 0.950. The second kappa shape index (κ2) is 12.9. The monoisotopic (exact) mass is 756 g/mol. The molecule has 4 N–H and O–H groups in total. The van der Waals surface area contributed by atoms with Gasteiger partial charge in [0, 0.05) is 17.3 Å². The van der Waals surface area contributed by atoms with Crippen LogP contribution in [0.5, 0.6) is 0 Å². The van der Waals surface area contributed by atoms with E-state index in [9.17, 15) is 19.8 Å². The van der Waals surface area contributed by atoms with E-state index in [1.54, 1.807) is 0 Å². The number of carbonyl (C=O) groups excluding carboxylic acids is 2. The topological polar surface area (TPSA) is 126 Å². The molecule has 2 spiro atoms. The summed E-state index contributed by atoms with van der Waals surface area (Å²) in [5.41, 5.74) is -2.50. The van der Waals surface area contributed by atoms with Crippen LogP contribution in [0.15, 0.2) is 0 Å². The van der Waals surface area contributed by atoms with Gasteiger partial charge < -0.3 is 24.4 Å². The lowest BCUT2D eigenvalue weighted by Gasteiger charge is -2.64. The van der Waals surface area contributed by atoms with Gasteiger partial charge in [0.2, 0.25) is 0 Å². The fourth-order valence-electron chi connectivity index (χ4n) is 13.7. The van der Waals surface area contributed by atoms with Gasteiger partial charge in [0.25, 0.3) is 0 Å². The molecule has 5 aliphatic carbocycles. The molecule has 0 amide bonds. The largest absolute Gasteiger partial charge is 0.461 e. The maximum atomic E-state index is 14.0. The van der Waals surface area contributed by atoms with Crippen molar-refractivity contribution in [2.24, 2.45) is 56.7 Å². The van der Waals surface area contributed by atoms with E-state index in [0.29, 0.717) is 12.8 Å². The molecule has 51 heavy (non-hydrogen) atoms. The summed E-state index contributed by atoms with van der Waals surface area (Å²) in [6.45, 7) is 22.8. The second-order valence-corrected chi connectivity index (χ2v) is 20.8. The third-order valence-electron chi connectivity index (χ3n) is 16.3. The van der Waals surface area contributed by atoms with Gasteiger partial charge in [-0.3, -0.25) is 9.59 Å². The Kier molecular flexibility index (Phi) is 10.2. The molecule has 11 heteroatoms. The van der Waals surface area contributed by atoms with E-state index in [2.05, 4.69) is 44.3 Å². The molecular weight excluding hydrogens is 691 g/mol. The Morgan fingerprint density at radius 3 is 1.94 bits per heavy atom. The van der Waals surface area contributed by atoms with E-state index >= 15 is 0 Å². The van der Waals surface area contributed by atoms with E-state index in [-0.39, 0.29) is 75.4 Å². The predicted molar refractivity (Wildman–Crippen MR) is 197 cm³/mol. The summed E-state index contributed by atoms with van der Waals surface area (Å²) in [7, 11) is 0. The molecule has 0 radical (unpaired) electrons. The Morgan fingerprint density at radius 1 is 0.824 bits per heavy atom. The van der Waals surface area contributed by atoms with Crippen molar-refractivity contribution in [1.29, 1.82) is 0 Å². The number of fused-ring (bicyclic) bond motifs is 2. The highest BCUT2D eigenvalue weighted by atomic mass is 35.5. The summed E-state index contributed by atoms with van der Waals surface area (Å²) in [6.07, 6.45) is 6.00. The van der Waals surface area contributed by atoms with Crippen LogP contribution in [-0.2, 0) is 23.8 Å². The minimum absolute atomic E-state index is 0.0281. The SMILES string of the molecule is CC(C)[C@H](NCl)C(=O)O[C@H]1CC2C3(CC[C@]4(C)[C@@H]([C@@]5(C)CC[C@@H](C(C)(C)O)O5)[C@@H](O)C[C@@]24C)C[C@@]32CC[C@H](OC(=O)[C@@H](NCl)C(C)C)C(C)(C)C12. The van der Waals surface area contributed by atoms with Gasteiger partial charge in [-0.15, -0.1) is 0 Å². The van der Waals surface area contributed by atoms with Gasteiger partial charge in [-0.25, -0.2) is 9.67 Å². The maximum absolute atomic E-state index is 14.0. The number of rotatable bonds is 10. The summed E-state index contributed by atoms with van der Waals surface area (Å²) in [6, 6.07) is -1.29. The number of hydrogen-bond donors (Lipinski definition) is 4. The summed E-state index contributed by atoms with van der Waals surface area (Å²) in [4.78, 5) is 32.7. The summed E-state index contributed by atoms with van der Waals surface area (Å²) in [5.74, 6) is -0.718. The van der Waals surface area contributed by atoms with Gasteiger partial charge >= 0.3 is 11.9 Å². The van der Waals surface area contributed by atoms with Crippen LogP contribution >= 0.6 is 23.6 Å². The van der Waals surface area contributed by atoms with Crippen molar-refractivity contribution < 1.29 is 34.0 Å². The number of carbonyl (C=O) groups is 2. The molecule has 3 unspecified atom stereocenters. The summed E-state index contributed by atoms with van der Waals surface area (Å²) >= 11 is 12.2. The van der Waals surface area contributed by atoms with Gasteiger partial charge in [0.05, 0.1) is 23.4 Å². The van der Waals surface area contributed by atoms with Crippen LogP contribution in [0.4, 0.5) is 0 Å². The molecule has 1 aliphatic heterocycles. The molecular formula is C40H66Cl2N2O7. The van der Waals surface area contributed by atoms with Crippen molar-refractivity contribution in [3.8, 4) is 0 Å². The van der Waals surface area contributed by atoms with E-state index in [0.717, 1.165) is 44.9 Å². The number of hydrogen-bond acceptors (Lipinski definition) is 9. The molecule has 6 fully saturated rings. The van der Waals surface area contributed by atoms with Crippen LogP contribution in [0.25, 0.3) is 0 Å². The van der Waals surface area contributed by atoms with E-state index in [1.807, 2.05) is 41.5 Å². The lowest BCUT2D eigenvalue weighted by molar-refractivity contribution is -0.226. The minimum Gasteiger partial charge on any atom is -0.461 e. The lowest BCUT2D eigenvalue weighted by atomic mass is 9.41. The molecule has 14 atom stereocenters. The zero-order valence-corrected chi connectivity index (χ0v) is 34.4. The average Bonchev–Trinajstić information content (AvgIpc) is 3.36. The minimum atomic E-state index is -0.958. The van der Waals surface area contributed by atoms with E-state index < -0.39 is 40.9 Å². The first-order valence-electron chi connectivity index (χ1n) is 19.7. The van der Waals surface area contributed by atoms with Crippen molar-refractivity contribution in [3.63, 3.8) is 0 Å². The van der Waals surface area contributed by atoms with Crippen molar-refractivity contribution >= 4 is 35.5 Å². The Labute approximate surface area is 316 Å². The Balaban J connectivity index is 1.37. The van der Waals surface area contributed by atoms with Crippen molar-refractivity contribution in [2.45, 2.75) is 182 Å². The number of ether oxygens (including phenoxy) is 3. The fourth-order valence-corrected chi connectivity index (χ4v) is 14.4. The Bertz CT molecular complexity index is 1370. The third kappa shape index (κ3) is 5.77. The Hall–Kier alpha value is -0.680. The van der Waals surface area contributed by atoms with Gasteiger partial charge in [-0.2, -0.15) is 0 Å². The van der Waals surface area contributed by atoms with Crippen molar-refractivity contribution in [3.05, 3.63) is 0 Å². The molecule has 1 heterocycles. The highest BCUT2D eigenvalue weighted by molar-refractivity contribution is 6.15. The first-order chi connectivity index (χ1) is 23.5. The van der Waals surface area contributed by atoms with Crippen LogP contribution < -0.4 is 9.67 Å². The molecule has 5 saturated carbocycles. The standard InChI is InChI=1S/C40H66Cl2N2O7/c1-21(2)28(43-41)32(46)49-24-18-25-37(10)19-23(45)30(38(11)14-12-27(51-38)35(7,8)48)36(37,9)16-17-39(25)20-40(39)15-13-26(34(5,6)31(24)40)50-33(47)29(44-42)22(3)4/h21-31,43-45,48H,12-20H2,1-11H3/t23-,24-,25?,26-,27-,28-,29-,30-,31?,36+,37-,38+,39?,40+/m0/s1. The molecule has 292 valence electrons. The molecule has 6 aliphatic rings. The molecule has 6 rings (SSSR count). The molecule has 0 aromatic rings. The zero-order valence-electron chi connectivity index (χ0n) is 32.9. The molecule has 0 aromatic heterocycles. The first kappa shape index (κ1) is 40.0. The third-order valence-corrected chi connectivity index (χ3v) is 16.8. The normalized spacial score (nSPS) is 46.8. The van der Waals surface area contributed by atoms with Crippen LogP contribution in [0.2, 0.25) is 0 Å². The maximum Gasteiger partial charge on any atom is 0.324 e. The van der Waals surface area contributed by atoms with Gasteiger partial charge in [0.15, 0.2) is 0 Å². The van der Waals surface area contributed by atoms with Crippen molar-refractivity contribution in [1.82, 2.24) is 9.67 Å². The van der Waals surface area contributed by atoms with Crippen LogP contribution in [0.3, 0.4) is 0 Å². The summed E-state index contributed by atoms with van der Waals surface area (Å²) in [5, 5.41) is 23.0. The van der Waals surface area contributed by atoms with Crippen LogP contribution in [0.1, 0.15) is 134 Å². The zero-order chi connectivity index (χ0) is 37.9. The first-order valence-corrected chi connectivity index (χ1v) is 20.5. The second-order valence-electron chi connectivity index (χ2n) is 20.4. The predicted octanol–water partition coefficient (Wildman–Crippen LogP) is 7.07. The van der Waals surface area contributed by atoms with Gasteiger partial charge in [-0.05, 0) is 142 Å². The average molecular weight is 758 g/mol. The molecule has 9 nitrogen and oxygen atoms in total. The summed E-state index contributed by atoms with van der Waals surface area (Å²) < 4.78 is 19.8. The Morgan fingerprint density at radius 2 is 1.41 bits per heavy atom. The highest BCUT2D eigenvalue weighted by Gasteiger charge is 2.85. The van der Waals surface area contributed by atoms with Crippen LogP contribution in [0, 0.1) is 56.7 Å². The van der Waals surface area contributed by atoms with Gasteiger partial charge in [-0.1, -0.05) is 55.4 Å². The van der Waals surface area contributed by atoms with E-state index in [1.165, 1.54) is 0 Å². The quantitative estimate of drug-likeness (QED) is 0.137. The van der Waals surface area contributed by atoms with Crippen molar-refractivity contribution in [2.75, 3.05) is 0 Å². The number of aliphatic hydroxyl groups is 2. The van der Waals surface area contributed by atoms with E-state index in [4.69, 9.17) is 37.8 Å². The molecule has 0 aromatic carbocycles. The molecule has 0 bridgehead atoms. The number of halogens is 2. The highest BCUT2D eigenvalue weighted by Crippen LogP contribution is 2.89. The van der Waals surface area contributed by atoms with Gasteiger partial charge in [0.1, 0.15) is 24.3 Å². The molecule has 1 saturated heterocycles. The number of aliphatic hydroxyl groups excluding tert-OH is 1. The lowest BCUT2D eigenvalue weighted by Crippen LogP contribution is -2.63. The van der Waals surface area contributed by atoms with Crippen LogP contribution in [-0.4, -0.2) is 69.9 Å². The smallest absolute Gasteiger partial charge is 0.324 e.